The zero-order valence-electron chi connectivity index (χ0n) is 7.55. The van der Waals surface area contributed by atoms with Gasteiger partial charge in [-0.3, -0.25) is 0 Å². The number of halogens is 1. The largest absolute Gasteiger partial charge is 0.454 e. The fourth-order valence-electron chi connectivity index (χ4n) is 1.22. The molecule has 0 saturated heterocycles. The summed E-state index contributed by atoms with van der Waals surface area (Å²) in [5.41, 5.74) is 0.438. The van der Waals surface area contributed by atoms with Crippen LogP contribution in [-0.2, 0) is 4.79 Å². The van der Waals surface area contributed by atoms with Gasteiger partial charge in [0.25, 0.3) is 0 Å². The summed E-state index contributed by atoms with van der Waals surface area (Å²) in [4.78, 5) is 15.2. The van der Waals surface area contributed by atoms with Crippen molar-refractivity contribution in [2.24, 2.45) is 4.99 Å². The van der Waals surface area contributed by atoms with Crippen LogP contribution in [0.15, 0.2) is 29.3 Å². The van der Waals surface area contributed by atoms with Crippen LogP contribution >= 0.6 is 12.2 Å². The highest BCUT2D eigenvalue weighted by molar-refractivity contribution is 7.82. The minimum Gasteiger partial charge on any atom is -0.229 e. The molecule has 5 heteroatoms. The molecule has 0 radical (unpaired) electrons. The van der Waals surface area contributed by atoms with Gasteiger partial charge in [0.2, 0.25) is 10.7 Å². The number of hydrogen-bond acceptors (Lipinski definition) is 2. The van der Waals surface area contributed by atoms with Crippen molar-refractivity contribution in [3.63, 3.8) is 0 Å². The van der Waals surface area contributed by atoms with E-state index in [0.29, 0.717) is 5.69 Å². The number of hydrogen-bond donors (Lipinski definition) is 0. The maximum atomic E-state index is 12.9. The minimum atomic E-state index is -0.418. The highest BCUT2D eigenvalue weighted by atomic mass is 32.1. The number of aliphatic imine (C=N–C) groups is 1. The predicted molar refractivity (Wildman–Crippen MR) is 58.5 cm³/mol. The second-order valence-corrected chi connectivity index (χ2v) is 3.27. The Kier molecular flexibility index (Phi) is 2.47. The molecule has 1 aromatic carbocycles. The van der Waals surface area contributed by atoms with Gasteiger partial charge in [0.1, 0.15) is 5.82 Å². The Hall–Kier alpha value is -1.75. The quantitative estimate of drug-likeness (QED) is 0.531. The maximum absolute atomic E-state index is 12.9. The molecule has 0 atom stereocenters. The molecular weight excluding hydrogens is 215 g/mol. The fraction of sp³-hybridized carbons (Fsp3) is 0. The molecule has 1 aliphatic heterocycles. The van der Waals surface area contributed by atoms with Crippen LogP contribution in [0.1, 0.15) is 0 Å². The van der Waals surface area contributed by atoms with Gasteiger partial charge in [-0.1, -0.05) is 6.07 Å². The second kappa shape index (κ2) is 3.78. The lowest BCUT2D eigenvalue weighted by Crippen LogP contribution is -2.27. The zero-order chi connectivity index (χ0) is 10.8. The van der Waals surface area contributed by atoms with Gasteiger partial charge >= 0.3 is 5.91 Å². The van der Waals surface area contributed by atoms with E-state index in [4.69, 9.17) is 12.2 Å². The Labute approximate surface area is 90.6 Å². The van der Waals surface area contributed by atoms with Crippen molar-refractivity contribution < 1.29 is 13.8 Å². The highest BCUT2D eigenvalue weighted by Gasteiger charge is 2.27. The average Bonchev–Trinajstić information content (AvgIpc) is 2.22. The Morgan fingerprint density at radius 1 is 1.40 bits per heavy atom. The smallest absolute Gasteiger partial charge is 0.229 e. The Morgan fingerprint density at radius 3 is 2.93 bits per heavy atom. The Bertz CT molecular complexity index is 508. The van der Waals surface area contributed by atoms with E-state index in [2.05, 4.69) is 4.99 Å². The van der Waals surface area contributed by atoms with Crippen LogP contribution in [0.25, 0.3) is 0 Å². The van der Waals surface area contributed by atoms with Gasteiger partial charge in [-0.05, 0) is 18.3 Å². The number of amides is 1. The fourth-order valence-corrected chi connectivity index (χ4v) is 1.38. The second-order valence-electron chi connectivity index (χ2n) is 2.89. The Balaban J connectivity index is 2.48. The number of carbonyl (C=O) groups is 1. The van der Waals surface area contributed by atoms with Gasteiger partial charge in [0.15, 0.2) is 6.21 Å². The first-order valence-corrected chi connectivity index (χ1v) is 4.60. The van der Waals surface area contributed by atoms with Crippen molar-refractivity contribution in [1.29, 1.82) is 0 Å². The molecule has 0 N–H and O–H groups in total. The first-order valence-electron chi connectivity index (χ1n) is 4.19. The van der Waals surface area contributed by atoms with Crippen LogP contribution in [0.3, 0.4) is 0 Å². The molecule has 1 heterocycles. The van der Waals surface area contributed by atoms with Crippen molar-refractivity contribution in [3.05, 3.63) is 30.1 Å². The highest BCUT2D eigenvalue weighted by Crippen LogP contribution is 2.14. The number of thiocarbonyl (C=S) groups is 1. The molecule has 0 spiro atoms. The summed E-state index contributed by atoms with van der Waals surface area (Å²) in [5.74, 6) is -0.819. The molecule has 3 nitrogen and oxygen atoms in total. The molecule has 1 aliphatic rings. The molecule has 0 unspecified atom stereocenters. The molecule has 0 fully saturated rings. The summed E-state index contributed by atoms with van der Waals surface area (Å²) in [7, 11) is 0. The van der Waals surface area contributed by atoms with E-state index in [0.717, 1.165) is 0 Å². The van der Waals surface area contributed by atoms with Crippen LogP contribution in [0.2, 0.25) is 0 Å². The first kappa shape index (κ1) is 9.79. The zero-order valence-corrected chi connectivity index (χ0v) is 8.37. The topological polar surface area (TPSA) is 32.4 Å². The first-order chi connectivity index (χ1) is 7.18. The Morgan fingerprint density at radius 2 is 2.20 bits per heavy atom. The van der Waals surface area contributed by atoms with E-state index in [1.807, 2.05) is 0 Å². The standard InChI is InChI=1S/C10H6FN2OS/c11-7-2-1-3-8(6-7)13-5-4-12-9(15)10(13)14/h1-6H/q+1. The number of rotatable bonds is 1. The summed E-state index contributed by atoms with van der Waals surface area (Å²) in [5, 5.41) is 0. The molecule has 0 saturated carbocycles. The van der Waals surface area contributed by atoms with E-state index in [1.165, 1.54) is 35.2 Å². The third-order valence-electron chi connectivity index (χ3n) is 1.90. The van der Waals surface area contributed by atoms with Crippen LogP contribution in [0, 0.1) is 5.82 Å². The van der Waals surface area contributed by atoms with Gasteiger partial charge < -0.3 is 0 Å². The molecule has 74 valence electrons. The van der Waals surface area contributed by atoms with Crippen LogP contribution in [-0.4, -0.2) is 27.9 Å². The van der Waals surface area contributed by atoms with E-state index >= 15 is 0 Å². The van der Waals surface area contributed by atoms with Gasteiger partial charge in [-0.15, -0.1) is 4.58 Å². The SMILES string of the molecule is O=C1C(=S)N=CC=[N+]1c1cccc(F)c1. The summed E-state index contributed by atoms with van der Waals surface area (Å²) in [6.07, 6.45) is 2.86. The lowest BCUT2D eigenvalue weighted by atomic mass is 10.3. The van der Waals surface area contributed by atoms with E-state index in [-0.39, 0.29) is 4.99 Å². The normalized spacial score (nSPS) is 15.4. The van der Waals surface area contributed by atoms with Crippen molar-refractivity contribution in [2.45, 2.75) is 0 Å². The summed E-state index contributed by atoms with van der Waals surface area (Å²) in [6, 6.07) is 5.72. The molecule has 0 aromatic heterocycles. The number of benzene rings is 1. The molecular formula is C10H6FN2OS+. The van der Waals surface area contributed by atoms with Crippen LogP contribution < -0.4 is 0 Å². The molecule has 1 aromatic rings. The monoisotopic (exact) mass is 221 g/mol. The molecule has 15 heavy (non-hydrogen) atoms. The van der Waals surface area contributed by atoms with Gasteiger partial charge in [-0.25, -0.2) is 14.2 Å². The lowest BCUT2D eigenvalue weighted by Gasteiger charge is -2.01. The van der Waals surface area contributed by atoms with Crippen molar-refractivity contribution in [2.75, 3.05) is 0 Å². The van der Waals surface area contributed by atoms with Crippen molar-refractivity contribution >= 4 is 41.2 Å². The molecule has 0 aliphatic carbocycles. The molecule has 2 rings (SSSR count). The van der Waals surface area contributed by atoms with Crippen LogP contribution in [0.5, 0.6) is 0 Å². The van der Waals surface area contributed by atoms with Gasteiger partial charge in [0.05, 0.1) is 6.21 Å². The van der Waals surface area contributed by atoms with Gasteiger partial charge in [0, 0.05) is 12.1 Å². The van der Waals surface area contributed by atoms with Crippen molar-refractivity contribution in [1.82, 2.24) is 0 Å². The summed E-state index contributed by atoms with van der Waals surface area (Å²) >= 11 is 4.74. The predicted octanol–water partition coefficient (Wildman–Crippen LogP) is 1.48. The molecule has 0 bridgehead atoms. The lowest BCUT2D eigenvalue weighted by molar-refractivity contribution is -0.352. The van der Waals surface area contributed by atoms with E-state index in [9.17, 15) is 9.18 Å². The summed E-state index contributed by atoms with van der Waals surface area (Å²) in [6.45, 7) is 0. The van der Waals surface area contributed by atoms with Crippen LogP contribution in [0.4, 0.5) is 10.1 Å². The van der Waals surface area contributed by atoms with E-state index in [1.54, 1.807) is 6.07 Å². The molecule has 1 amide bonds. The number of nitrogens with zero attached hydrogens (tertiary/aromatic N) is 2. The third kappa shape index (κ3) is 1.87. The minimum absolute atomic E-state index is 0.0261. The van der Waals surface area contributed by atoms with Crippen molar-refractivity contribution in [3.8, 4) is 0 Å². The number of carbonyl (C=O) groups excluding carboxylic acids is 1. The third-order valence-corrected chi connectivity index (χ3v) is 2.18. The maximum Gasteiger partial charge on any atom is 0.454 e. The van der Waals surface area contributed by atoms with Gasteiger partial charge in [-0.2, -0.15) is 0 Å². The van der Waals surface area contributed by atoms with E-state index < -0.39 is 11.7 Å². The summed E-state index contributed by atoms with van der Waals surface area (Å²) < 4.78 is 14.2. The average molecular weight is 221 g/mol.